The molecule has 0 fully saturated rings. The Morgan fingerprint density at radius 3 is 2.88 bits per heavy atom. The first-order valence-electron chi connectivity index (χ1n) is 5.44. The molecule has 0 bridgehead atoms. The first kappa shape index (κ1) is 11.4. The fourth-order valence-corrected chi connectivity index (χ4v) is 2.04. The van der Waals surface area contributed by atoms with Crippen LogP contribution in [-0.4, -0.2) is 11.5 Å². The molecule has 3 heteroatoms. The van der Waals surface area contributed by atoms with Crippen LogP contribution in [0.15, 0.2) is 30.5 Å². The van der Waals surface area contributed by atoms with Crippen LogP contribution >= 0.6 is 11.6 Å². The monoisotopic (exact) mass is 234 g/mol. The van der Waals surface area contributed by atoms with Crippen LogP contribution < -0.4 is 5.73 Å². The van der Waals surface area contributed by atoms with E-state index >= 15 is 0 Å². The van der Waals surface area contributed by atoms with Gasteiger partial charge in [-0.3, -0.25) is 4.98 Å². The molecule has 2 N–H and O–H groups in total. The lowest BCUT2D eigenvalue weighted by Crippen LogP contribution is -2.13. The van der Waals surface area contributed by atoms with Crippen LogP contribution in [0.4, 0.5) is 0 Å². The van der Waals surface area contributed by atoms with Crippen molar-refractivity contribution in [2.75, 3.05) is 6.54 Å². The third-order valence-corrected chi connectivity index (χ3v) is 3.11. The van der Waals surface area contributed by atoms with Crippen molar-refractivity contribution < 1.29 is 0 Å². The third-order valence-electron chi connectivity index (χ3n) is 2.78. The van der Waals surface area contributed by atoms with Crippen LogP contribution in [0, 0.1) is 5.92 Å². The van der Waals surface area contributed by atoms with Gasteiger partial charge >= 0.3 is 0 Å². The maximum absolute atomic E-state index is 6.15. The topological polar surface area (TPSA) is 38.9 Å². The van der Waals surface area contributed by atoms with E-state index in [0.717, 1.165) is 27.9 Å². The predicted molar refractivity (Wildman–Crippen MR) is 68.7 cm³/mol. The summed E-state index contributed by atoms with van der Waals surface area (Å²) in [6, 6.07) is 7.88. The summed E-state index contributed by atoms with van der Waals surface area (Å²) in [5.74, 6) is 0.442. The number of nitrogens with zero attached hydrogens (tertiary/aromatic N) is 1. The van der Waals surface area contributed by atoms with E-state index in [9.17, 15) is 0 Å². The van der Waals surface area contributed by atoms with Gasteiger partial charge in [0.1, 0.15) is 0 Å². The summed E-state index contributed by atoms with van der Waals surface area (Å²) in [5, 5.41) is 2.98. The number of fused-ring (bicyclic) bond motifs is 1. The summed E-state index contributed by atoms with van der Waals surface area (Å²) >= 11 is 6.15. The van der Waals surface area contributed by atoms with Gasteiger partial charge in [-0.15, -0.1) is 0 Å². The molecule has 0 amide bonds. The van der Waals surface area contributed by atoms with E-state index in [1.807, 2.05) is 24.4 Å². The molecule has 1 aromatic heterocycles. The van der Waals surface area contributed by atoms with E-state index in [4.69, 9.17) is 17.3 Å². The summed E-state index contributed by atoms with van der Waals surface area (Å²) in [6.45, 7) is 2.81. The fraction of sp³-hybridized carbons (Fsp3) is 0.308. The Labute approximate surface area is 100 Å². The molecule has 0 aliphatic rings. The molecular weight excluding hydrogens is 220 g/mol. The quantitative estimate of drug-likeness (QED) is 0.887. The fourth-order valence-electron chi connectivity index (χ4n) is 1.81. The van der Waals surface area contributed by atoms with Crippen LogP contribution in [0.2, 0.25) is 5.02 Å². The molecule has 0 saturated heterocycles. The van der Waals surface area contributed by atoms with Gasteiger partial charge in [-0.05, 0) is 31.0 Å². The van der Waals surface area contributed by atoms with Crippen LogP contribution in [0.5, 0.6) is 0 Å². The Hall–Kier alpha value is -1.12. The van der Waals surface area contributed by atoms with Crippen LogP contribution in [0.1, 0.15) is 12.6 Å². The molecule has 0 aliphatic heterocycles. The number of hydrogen-bond donors (Lipinski definition) is 1. The molecule has 2 rings (SSSR count). The van der Waals surface area contributed by atoms with Crippen molar-refractivity contribution in [1.82, 2.24) is 4.98 Å². The summed E-state index contributed by atoms with van der Waals surface area (Å²) in [5.41, 5.74) is 6.72. The Morgan fingerprint density at radius 2 is 2.12 bits per heavy atom. The number of benzene rings is 1. The molecule has 0 saturated carbocycles. The zero-order valence-electron chi connectivity index (χ0n) is 9.28. The number of rotatable bonds is 3. The van der Waals surface area contributed by atoms with E-state index < -0.39 is 0 Å². The van der Waals surface area contributed by atoms with Crippen molar-refractivity contribution in [2.45, 2.75) is 13.3 Å². The maximum Gasteiger partial charge on any atom is 0.0485 e. The van der Waals surface area contributed by atoms with Crippen molar-refractivity contribution in [3.8, 4) is 0 Å². The molecule has 16 heavy (non-hydrogen) atoms. The largest absolute Gasteiger partial charge is 0.330 e. The summed E-state index contributed by atoms with van der Waals surface area (Å²) in [6.07, 6.45) is 2.71. The first-order chi connectivity index (χ1) is 7.72. The van der Waals surface area contributed by atoms with Crippen LogP contribution in [-0.2, 0) is 6.42 Å². The molecule has 2 aromatic rings. The molecule has 1 heterocycles. The maximum atomic E-state index is 6.15. The molecule has 1 atom stereocenters. The lowest BCUT2D eigenvalue weighted by atomic mass is 10.0. The highest BCUT2D eigenvalue weighted by Gasteiger charge is 2.08. The summed E-state index contributed by atoms with van der Waals surface area (Å²) in [4.78, 5) is 4.42. The Morgan fingerprint density at radius 1 is 1.31 bits per heavy atom. The van der Waals surface area contributed by atoms with Gasteiger partial charge in [0.2, 0.25) is 0 Å². The SMILES string of the molecule is CC(CN)Cc1nccc2c(Cl)cccc12. The lowest BCUT2D eigenvalue weighted by Gasteiger charge is -2.10. The second-order valence-corrected chi connectivity index (χ2v) is 4.54. The highest BCUT2D eigenvalue weighted by Crippen LogP contribution is 2.25. The minimum Gasteiger partial charge on any atom is -0.330 e. The van der Waals surface area contributed by atoms with Gasteiger partial charge in [0, 0.05) is 27.7 Å². The van der Waals surface area contributed by atoms with E-state index in [2.05, 4.69) is 18.0 Å². The molecule has 2 nitrogen and oxygen atoms in total. The first-order valence-corrected chi connectivity index (χ1v) is 5.82. The number of aromatic nitrogens is 1. The molecule has 84 valence electrons. The van der Waals surface area contributed by atoms with Crippen molar-refractivity contribution in [2.24, 2.45) is 11.7 Å². The molecule has 0 spiro atoms. The van der Waals surface area contributed by atoms with Gasteiger partial charge in [-0.25, -0.2) is 0 Å². The van der Waals surface area contributed by atoms with Gasteiger partial charge < -0.3 is 5.73 Å². The van der Waals surface area contributed by atoms with Gasteiger partial charge in [0.25, 0.3) is 0 Å². The van der Waals surface area contributed by atoms with Crippen molar-refractivity contribution >= 4 is 22.4 Å². The van der Waals surface area contributed by atoms with E-state index in [1.54, 1.807) is 0 Å². The van der Waals surface area contributed by atoms with Gasteiger partial charge in [0.15, 0.2) is 0 Å². The van der Waals surface area contributed by atoms with E-state index in [1.165, 1.54) is 0 Å². The number of hydrogen-bond acceptors (Lipinski definition) is 2. The Bertz CT molecular complexity index is 496. The van der Waals surface area contributed by atoms with Crippen LogP contribution in [0.25, 0.3) is 10.8 Å². The van der Waals surface area contributed by atoms with Gasteiger partial charge in [-0.2, -0.15) is 0 Å². The average Bonchev–Trinajstić information content (AvgIpc) is 2.30. The van der Waals surface area contributed by atoms with E-state index in [-0.39, 0.29) is 0 Å². The highest BCUT2D eigenvalue weighted by atomic mass is 35.5. The van der Waals surface area contributed by atoms with Crippen molar-refractivity contribution in [3.05, 3.63) is 41.2 Å². The van der Waals surface area contributed by atoms with E-state index in [0.29, 0.717) is 12.5 Å². The third kappa shape index (κ3) is 2.18. The highest BCUT2D eigenvalue weighted by molar-refractivity contribution is 6.35. The Balaban J connectivity index is 2.50. The minimum absolute atomic E-state index is 0.442. The standard InChI is InChI=1S/C13H15ClN2/c1-9(8-15)7-13-11-3-2-4-12(14)10(11)5-6-16-13/h2-6,9H,7-8,15H2,1H3. The van der Waals surface area contributed by atoms with Crippen LogP contribution in [0.3, 0.4) is 0 Å². The smallest absolute Gasteiger partial charge is 0.0485 e. The summed E-state index contributed by atoms with van der Waals surface area (Å²) < 4.78 is 0. The number of nitrogens with two attached hydrogens (primary N) is 1. The Kier molecular flexibility index (Phi) is 3.42. The van der Waals surface area contributed by atoms with Crippen molar-refractivity contribution in [3.63, 3.8) is 0 Å². The molecule has 0 radical (unpaired) electrons. The molecule has 0 aliphatic carbocycles. The zero-order chi connectivity index (χ0) is 11.5. The normalized spacial score (nSPS) is 12.9. The number of pyridine rings is 1. The summed E-state index contributed by atoms with van der Waals surface area (Å²) in [7, 11) is 0. The lowest BCUT2D eigenvalue weighted by molar-refractivity contribution is 0.587. The van der Waals surface area contributed by atoms with Gasteiger partial charge in [0.05, 0.1) is 0 Å². The van der Waals surface area contributed by atoms with Crippen molar-refractivity contribution in [1.29, 1.82) is 0 Å². The molecular formula is C13H15ClN2. The molecule has 1 unspecified atom stereocenters. The average molecular weight is 235 g/mol. The second-order valence-electron chi connectivity index (χ2n) is 4.14. The number of halogens is 1. The minimum atomic E-state index is 0.442. The van der Waals surface area contributed by atoms with Gasteiger partial charge in [-0.1, -0.05) is 30.7 Å². The zero-order valence-corrected chi connectivity index (χ0v) is 10.0. The molecule has 1 aromatic carbocycles. The predicted octanol–water partition coefficient (Wildman–Crippen LogP) is 3.03. The second kappa shape index (κ2) is 4.81.